The predicted octanol–water partition coefficient (Wildman–Crippen LogP) is 4.41. The molecule has 0 aliphatic heterocycles. The van der Waals surface area contributed by atoms with Crippen LogP contribution in [0.4, 0.5) is 0 Å². The van der Waals surface area contributed by atoms with Gasteiger partial charge in [-0.3, -0.25) is 4.79 Å². The Morgan fingerprint density at radius 3 is 2.69 bits per heavy atom. The maximum absolute atomic E-state index is 12.6. The molecule has 0 saturated heterocycles. The molecule has 1 atom stereocenters. The van der Waals surface area contributed by atoms with Crippen LogP contribution >= 0.6 is 0 Å². The molecule has 1 aromatic carbocycles. The first-order valence-electron chi connectivity index (χ1n) is 8.87. The second kappa shape index (κ2) is 7.60. The largest absolute Gasteiger partial charge is 0.490 e. The number of pyridine rings is 1. The molecule has 0 aliphatic rings. The Hall–Kier alpha value is -2.82. The van der Waals surface area contributed by atoms with Gasteiger partial charge in [0.05, 0.1) is 23.2 Å². The zero-order valence-electron chi connectivity index (χ0n) is 15.3. The summed E-state index contributed by atoms with van der Waals surface area (Å²) in [6.45, 7) is 5.79. The number of hydrogen-bond donors (Lipinski definition) is 0. The molecule has 0 amide bonds. The molecule has 0 aliphatic carbocycles. The summed E-state index contributed by atoms with van der Waals surface area (Å²) in [5, 5.41) is 0.823. The van der Waals surface area contributed by atoms with Gasteiger partial charge in [0.25, 0.3) is 0 Å². The zero-order valence-corrected chi connectivity index (χ0v) is 15.3. The number of rotatable bonds is 7. The summed E-state index contributed by atoms with van der Waals surface area (Å²) in [6.07, 6.45) is 2.85. The second-order valence-electron chi connectivity index (χ2n) is 6.48. The molecule has 136 valence electrons. The van der Waals surface area contributed by atoms with E-state index in [0.29, 0.717) is 24.3 Å². The lowest BCUT2D eigenvalue weighted by atomic mass is 10.1. The Kier molecular flexibility index (Phi) is 5.26. The number of Topliss-reactive ketones (excluding diaryl/α,β-unsaturated/α-hetero) is 1. The normalized spacial score (nSPS) is 12.3. The van der Waals surface area contributed by atoms with Gasteiger partial charge in [0, 0.05) is 24.1 Å². The molecule has 0 radical (unpaired) electrons. The maximum Gasteiger partial charge on any atom is 0.340 e. The van der Waals surface area contributed by atoms with E-state index in [0.717, 1.165) is 22.8 Å². The van der Waals surface area contributed by atoms with Crippen LogP contribution in [0.2, 0.25) is 0 Å². The predicted molar refractivity (Wildman–Crippen MR) is 101 cm³/mol. The lowest BCUT2D eigenvalue weighted by Crippen LogP contribution is -2.15. The first-order valence-corrected chi connectivity index (χ1v) is 8.87. The van der Waals surface area contributed by atoms with E-state index < -0.39 is 0 Å². The number of carbonyl (C=O) groups is 2. The van der Waals surface area contributed by atoms with E-state index in [1.165, 1.54) is 0 Å². The first-order chi connectivity index (χ1) is 12.5. The summed E-state index contributed by atoms with van der Waals surface area (Å²) in [5.74, 6) is 0.444. The molecule has 26 heavy (non-hydrogen) atoms. The van der Waals surface area contributed by atoms with Gasteiger partial charge >= 0.3 is 5.97 Å². The van der Waals surface area contributed by atoms with Crippen molar-refractivity contribution in [2.75, 3.05) is 6.61 Å². The van der Waals surface area contributed by atoms with Crippen molar-refractivity contribution in [1.29, 1.82) is 0 Å². The number of hydrogen-bond acceptors (Lipinski definition) is 4. The fraction of sp³-hybridized carbons (Fsp3) is 0.333. The van der Waals surface area contributed by atoms with Crippen LogP contribution in [-0.2, 0) is 9.53 Å². The van der Waals surface area contributed by atoms with Gasteiger partial charge in [0.1, 0.15) is 17.6 Å². The van der Waals surface area contributed by atoms with E-state index in [1.807, 2.05) is 60.8 Å². The highest BCUT2D eigenvalue weighted by Crippen LogP contribution is 2.30. The maximum atomic E-state index is 12.6. The number of fused-ring (bicyclic) bond motifs is 3. The van der Waals surface area contributed by atoms with Crippen molar-refractivity contribution in [3.63, 3.8) is 0 Å². The third-order valence-electron chi connectivity index (χ3n) is 4.17. The fourth-order valence-corrected chi connectivity index (χ4v) is 3.15. The molecule has 0 bridgehead atoms. The van der Waals surface area contributed by atoms with E-state index in [-0.39, 0.29) is 17.9 Å². The summed E-state index contributed by atoms with van der Waals surface area (Å²) < 4.78 is 13.2. The summed E-state index contributed by atoms with van der Waals surface area (Å²) in [5.41, 5.74) is 2.24. The molecule has 3 aromatic rings. The fourth-order valence-electron chi connectivity index (χ4n) is 3.15. The van der Waals surface area contributed by atoms with Crippen molar-refractivity contribution in [3.05, 3.63) is 48.2 Å². The van der Waals surface area contributed by atoms with Gasteiger partial charge in [-0.25, -0.2) is 4.79 Å². The van der Waals surface area contributed by atoms with Gasteiger partial charge in [-0.2, -0.15) is 0 Å². The monoisotopic (exact) mass is 353 g/mol. The number of aromatic nitrogens is 1. The van der Waals surface area contributed by atoms with Gasteiger partial charge in [-0.1, -0.05) is 13.0 Å². The zero-order chi connectivity index (χ0) is 18.7. The van der Waals surface area contributed by atoms with Crippen LogP contribution < -0.4 is 4.74 Å². The molecule has 0 N–H and O–H groups in total. The average molecular weight is 353 g/mol. The topological polar surface area (TPSA) is 57.0 Å². The number of nitrogens with zero attached hydrogens (tertiary/aromatic N) is 1. The van der Waals surface area contributed by atoms with Crippen LogP contribution in [0.5, 0.6) is 5.75 Å². The number of ether oxygens (including phenoxy) is 2. The molecule has 2 heterocycles. The molecule has 0 fully saturated rings. The number of carbonyl (C=O) groups excluding carboxylic acids is 2. The Balaban J connectivity index is 2.05. The van der Waals surface area contributed by atoms with Crippen molar-refractivity contribution < 1.29 is 19.1 Å². The molecule has 0 saturated carbocycles. The van der Waals surface area contributed by atoms with Gasteiger partial charge < -0.3 is 13.9 Å². The molecular formula is C21H23NO4. The number of esters is 1. The summed E-state index contributed by atoms with van der Waals surface area (Å²) in [7, 11) is 0. The molecule has 3 rings (SSSR count). The number of benzene rings is 1. The molecule has 5 nitrogen and oxygen atoms in total. The molecule has 2 aromatic heterocycles. The van der Waals surface area contributed by atoms with E-state index in [4.69, 9.17) is 9.47 Å². The Morgan fingerprint density at radius 1 is 1.15 bits per heavy atom. The van der Waals surface area contributed by atoms with Crippen LogP contribution in [0.3, 0.4) is 0 Å². The van der Waals surface area contributed by atoms with Crippen LogP contribution in [-0.4, -0.2) is 28.9 Å². The Labute approximate surface area is 152 Å². The number of ketones is 1. The summed E-state index contributed by atoms with van der Waals surface area (Å²) >= 11 is 0. The van der Waals surface area contributed by atoms with Crippen molar-refractivity contribution in [2.24, 2.45) is 0 Å². The minimum Gasteiger partial charge on any atom is -0.490 e. The van der Waals surface area contributed by atoms with E-state index in [9.17, 15) is 9.59 Å². The SMILES string of the molecule is CCCOC(=O)c1c2ccc(OC(C)CC(C)=O)cc2n2ccccc12. The average Bonchev–Trinajstić information content (AvgIpc) is 2.93. The van der Waals surface area contributed by atoms with Crippen molar-refractivity contribution in [1.82, 2.24) is 4.40 Å². The molecule has 0 spiro atoms. The lowest BCUT2D eigenvalue weighted by Gasteiger charge is -2.13. The molecule has 5 heteroatoms. The minimum atomic E-state index is -0.316. The van der Waals surface area contributed by atoms with Gasteiger partial charge in [-0.05, 0) is 44.5 Å². The highest BCUT2D eigenvalue weighted by Gasteiger charge is 2.20. The van der Waals surface area contributed by atoms with Gasteiger partial charge in [0.2, 0.25) is 0 Å². The highest BCUT2D eigenvalue weighted by molar-refractivity contribution is 6.11. The van der Waals surface area contributed by atoms with Crippen LogP contribution in [0.25, 0.3) is 16.4 Å². The molecule has 1 unspecified atom stereocenters. The summed E-state index contributed by atoms with van der Waals surface area (Å²) in [6, 6.07) is 11.3. The quantitative estimate of drug-likeness (QED) is 0.591. The lowest BCUT2D eigenvalue weighted by molar-refractivity contribution is -0.118. The van der Waals surface area contributed by atoms with E-state index in [2.05, 4.69) is 0 Å². The minimum absolute atomic E-state index is 0.0904. The third kappa shape index (κ3) is 3.57. The Morgan fingerprint density at radius 2 is 1.96 bits per heavy atom. The standard InChI is InChI=1S/C21H23NO4/c1-4-11-25-21(24)20-17-9-8-16(26-15(3)12-14(2)23)13-19(17)22-10-6-5-7-18(20)22/h5-10,13,15H,4,11-12H2,1-3H3. The van der Waals surface area contributed by atoms with Crippen molar-refractivity contribution in [2.45, 2.75) is 39.7 Å². The van der Waals surface area contributed by atoms with Gasteiger partial charge in [0.15, 0.2) is 0 Å². The second-order valence-corrected chi connectivity index (χ2v) is 6.48. The first kappa shape index (κ1) is 18.0. The third-order valence-corrected chi connectivity index (χ3v) is 4.17. The highest BCUT2D eigenvalue weighted by atomic mass is 16.5. The van der Waals surface area contributed by atoms with Crippen molar-refractivity contribution >= 4 is 28.2 Å². The van der Waals surface area contributed by atoms with Crippen LogP contribution in [0.1, 0.15) is 44.0 Å². The van der Waals surface area contributed by atoms with Crippen molar-refractivity contribution in [3.8, 4) is 5.75 Å². The van der Waals surface area contributed by atoms with E-state index >= 15 is 0 Å². The Bertz CT molecular complexity index is 957. The van der Waals surface area contributed by atoms with Crippen LogP contribution in [0.15, 0.2) is 42.6 Å². The van der Waals surface area contributed by atoms with Gasteiger partial charge in [-0.15, -0.1) is 0 Å². The molecular weight excluding hydrogens is 330 g/mol. The summed E-state index contributed by atoms with van der Waals surface area (Å²) in [4.78, 5) is 23.8. The van der Waals surface area contributed by atoms with E-state index in [1.54, 1.807) is 6.92 Å². The smallest absolute Gasteiger partial charge is 0.340 e. The van der Waals surface area contributed by atoms with Crippen LogP contribution in [0, 0.1) is 0 Å².